The van der Waals surface area contributed by atoms with Gasteiger partial charge < -0.3 is 15.2 Å². The molecule has 2 aromatic carbocycles. The molecule has 0 saturated carbocycles. The summed E-state index contributed by atoms with van der Waals surface area (Å²) in [6.45, 7) is 4.69. The number of nitrogens with two attached hydrogens (primary N) is 1. The Balaban J connectivity index is 2.33. The molecule has 0 atom stereocenters. The zero-order chi connectivity index (χ0) is 28.3. The number of imide groups is 1. The van der Waals surface area contributed by atoms with Crippen LogP contribution in [0.5, 0.6) is 5.75 Å². The van der Waals surface area contributed by atoms with Gasteiger partial charge in [0.25, 0.3) is 0 Å². The predicted octanol–water partition coefficient (Wildman–Crippen LogP) is 1.09. The predicted molar refractivity (Wildman–Crippen MR) is 137 cm³/mol. The molecular formula is C26H33N5O7. The van der Waals surface area contributed by atoms with Crippen LogP contribution in [-0.2, 0) is 36.8 Å². The lowest BCUT2D eigenvalue weighted by Crippen LogP contribution is -2.61. The molecule has 0 heterocycles. The molecule has 0 fully saturated rings. The second kappa shape index (κ2) is 13.7. The number of benzene rings is 2. The Bertz CT molecular complexity index is 1150. The van der Waals surface area contributed by atoms with Crippen molar-refractivity contribution in [3.63, 3.8) is 0 Å². The first kappa shape index (κ1) is 29.8. The molecular weight excluding hydrogens is 494 g/mol. The minimum atomic E-state index is -1.29. The van der Waals surface area contributed by atoms with Crippen molar-refractivity contribution in [1.82, 2.24) is 20.9 Å². The van der Waals surface area contributed by atoms with Crippen molar-refractivity contribution in [2.75, 3.05) is 20.2 Å². The minimum absolute atomic E-state index is 0.00734. The van der Waals surface area contributed by atoms with Crippen LogP contribution < -0.4 is 21.2 Å². The Morgan fingerprint density at radius 2 is 1.50 bits per heavy atom. The van der Waals surface area contributed by atoms with E-state index in [1.54, 1.807) is 45.0 Å². The van der Waals surface area contributed by atoms with Crippen molar-refractivity contribution in [1.29, 1.82) is 0 Å². The Morgan fingerprint density at radius 3 is 2.11 bits per heavy atom. The van der Waals surface area contributed by atoms with Crippen molar-refractivity contribution in [3.05, 3.63) is 65.7 Å². The molecule has 0 unspecified atom stereocenters. The maximum Gasteiger partial charge on any atom is 0.414 e. The first-order valence-electron chi connectivity index (χ1n) is 11.8. The van der Waals surface area contributed by atoms with Crippen LogP contribution in [0.25, 0.3) is 0 Å². The van der Waals surface area contributed by atoms with E-state index in [4.69, 9.17) is 15.2 Å². The number of nitrogens with one attached hydrogen (secondary N) is 2. The third-order valence-corrected chi connectivity index (χ3v) is 4.99. The fourth-order valence-electron chi connectivity index (χ4n) is 3.25. The molecule has 4 N–H and O–H groups in total. The molecule has 2 rings (SSSR count). The fourth-order valence-corrected chi connectivity index (χ4v) is 3.25. The van der Waals surface area contributed by atoms with Crippen LogP contribution in [0.2, 0.25) is 0 Å². The van der Waals surface area contributed by atoms with Crippen LogP contribution in [0.15, 0.2) is 54.6 Å². The average molecular weight is 528 g/mol. The lowest BCUT2D eigenvalue weighted by atomic mass is 10.1. The summed E-state index contributed by atoms with van der Waals surface area (Å²) in [5.74, 6) is -4.34. The van der Waals surface area contributed by atoms with E-state index in [0.29, 0.717) is 12.2 Å². The van der Waals surface area contributed by atoms with Crippen LogP contribution in [-0.4, -0.2) is 65.6 Å². The number of amides is 5. The lowest BCUT2D eigenvalue weighted by molar-refractivity contribution is -0.167. The number of methoxy groups -OCH3 is 1. The first-order valence-corrected chi connectivity index (χ1v) is 11.8. The summed E-state index contributed by atoms with van der Waals surface area (Å²) in [6, 6.07) is 16.2. The van der Waals surface area contributed by atoms with Crippen LogP contribution in [0, 0.1) is 0 Å². The number of hydrogen-bond donors (Lipinski definition) is 3. The maximum absolute atomic E-state index is 13.3. The largest absolute Gasteiger partial charge is 0.497 e. The summed E-state index contributed by atoms with van der Waals surface area (Å²) in [5, 5.41) is 3.87. The van der Waals surface area contributed by atoms with Crippen LogP contribution in [0.1, 0.15) is 31.9 Å². The molecule has 0 saturated heterocycles. The Hall–Kier alpha value is -4.45. The van der Waals surface area contributed by atoms with Gasteiger partial charge >= 0.3 is 29.7 Å². The zero-order valence-corrected chi connectivity index (χ0v) is 21.9. The number of carbonyl (C=O) groups is 5. The molecule has 12 heteroatoms. The lowest BCUT2D eigenvalue weighted by Gasteiger charge is -2.34. The Kier molecular flexibility index (Phi) is 10.8. The van der Waals surface area contributed by atoms with Crippen LogP contribution in [0.3, 0.4) is 0 Å². The summed E-state index contributed by atoms with van der Waals surface area (Å²) < 4.78 is 10.3. The van der Waals surface area contributed by atoms with Crippen molar-refractivity contribution in [2.24, 2.45) is 5.73 Å². The van der Waals surface area contributed by atoms with Crippen LogP contribution >= 0.6 is 0 Å². The van der Waals surface area contributed by atoms with Gasteiger partial charge in [0.15, 0.2) is 0 Å². The number of hydrazine groups is 2. The molecule has 5 amide bonds. The van der Waals surface area contributed by atoms with Gasteiger partial charge in [-0.1, -0.05) is 42.5 Å². The first-order chi connectivity index (χ1) is 17.9. The van der Waals surface area contributed by atoms with E-state index < -0.39 is 35.3 Å². The molecule has 12 nitrogen and oxygen atoms in total. The average Bonchev–Trinajstić information content (AvgIpc) is 2.86. The second-order valence-corrected chi connectivity index (χ2v) is 9.15. The van der Waals surface area contributed by atoms with Gasteiger partial charge in [-0.25, -0.2) is 9.80 Å². The van der Waals surface area contributed by atoms with E-state index in [2.05, 4.69) is 5.43 Å². The van der Waals surface area contributed by atoms with Crippen LogP contribution in [0.4, 0.5) is 4.79 Å². The van der Waals surface area contributed by atoms with Crippen molar-refractivity contribution < 1.29 is 33.4 Å². The number of ether oxygens (including phenoxy) is 2. The normalized spacial score (nSPS) is 10.9. The topological polar surface area (TPSA) is 160 Å². The van der Waals surface area contributed by atoms with Gasteiger partial charge in [-0.15, -0.1) is 5.12 Å². The SMILES string of the molecule is COc1cccc(CCN(C(=O)C(=O)NC(=O)OC(C)(C)C)N(CCc2ccccc2)NC(=O)C(N)=O)c1. The number of hydrogen-bond acceptors (Lipinski definition) is 8. The van der Waals surface area contributed by atoms with Gasteiger partial charge in [0.05, 0.1) is 7.11 Å². The van der Waals surface area contributed by atoms with Gasteiger partial charge in [0, 0.05) is 13.1 Å². The molecule has 0 aromatic heterocycles. The summed E-state index contributed by atoms with van der Waals surface area (Å²) in [7, 11) is 1.51. The monoisotopic (exact) mass is 527 g/mol. The van der Waals surface area contributed by atoms with E-state index in [1.165, 1.54) is 7.11 Å². The van der Waals surface area contributed by atoms with Gasteiger partial charge in [-0.05, 0) is 56.9 Å². The highest BCUT2D eigenvalue weighted by Gasteiger charge is 2.31. The van der Waals surface area contributed by atoms with Gasteiger partial charge in [0.1, 0.15) is 11.4 Å². The molecule has 0 aliphatic rings. The van der Waals surface area contributed by atoms with E-state index in [-0.39, 0.29) is 19.5 Å². The van der Waals surface area contributed by atoms with Gasteiger partial charge in [-0.2, -0.15) is 0 Å². The van der Waals surface area contributed by atoms with E-state index in [9.17, 15) is 24.0 Å². The Labute approximate surface area is 221 Å². The summed E-state index contributed by atoms with van der Waals surface area (Å²) in [6.07, 6.45) is -0.548. The fraction of sp³-hybridized carbons (Fsp3) is 0.346. The molecule has 38 heavy (non-hydrogen) atoms. The Morgan fingerprint density at radius 1 is 0.868 bits per heavy atom. The van der Waals surface area contributed by atoms with Crippen molar-refractivity contribution in [2.45, 2.75) is 39.2 Å². The molecule has 2 aromatic rings. The summed E-state index contributed by atoms with van der Waals surface area (Å²) in [4.78, 5) is 61.8. The molecule has 0 spiro atoms. The molecule has 0 aliphatic carbocycles. The summed E-state index contributed by atoms with van der Waals surface area (Å²) >= 11 is 0. The molecule has 0 radical (unpaired) electrons. The quantitative estimate of drug-likeness (QED) is 0.323. The maximum atomic E-state index is 13.3. The molecule has 0 bridgehead atoms. The third-order valence-electron chi connectivity index (χ3n) is 4.99. The number of primary amides is 1. The highest BCUT2D eigenvalue weighted by atomic mass is 16.6. The number of carbonyl (C=O) groups excluding carboxylic acids is 5. The van der Waals surface area contributed by atoms with Gasteiger partial charge in [0.2, 0.25) is 0 Å². The van der Waals surface area contributed by atoms with Crippen molar-refractivity contribution >= 4 is 29.7 Å². The van der Waals surface area contributed by atoms with E-state index in [1.807, 2.05) is 35.6 Å². The number of nitrogens with zero attached hydrogens (tertiary/aromatic N) is 2. The number of rotatable bonds is 9. The zero-order valence-electron chi connectivity index (χ0n) is 21.9. The van der Waals surface area contributed by atoms with E-state index >= 15 is 0 Å². The number of alkyl carbamates (subject to hydrolysis) is 1. The van der Waals surface area contributed by atoms with Gasteiger partial charge in [-0.3, -0.25) is 29.9 Å². The highest BCUT2D eigenvalue weighted by molar-refractivity contribution is 6.37. The minimum Gasteiger partial charge on any atom is -0.497 e. The van der Waals surface area contributed by atoms with Crippen molar-refractivity contribution in [3.8, 4) is 5.75 Å². The smallest absolute Gasteiger partial charge is 0.414 e. The standard InChI is InChI=1S/C26H33N5O7/c1-26(2,3)38-25(36)28-23(34)24(35)30(15-13-19-11-8-12-20(17-19)37-4)31(29-22(33)21(27)32)16-14-18-9-6-5-7-10-18/h5-12,17H,13-16H2,1-4H3,(H2,27,32)(H,29,33)(H,28,34,36). The summed E-state index contributed by atoms with van der Waals surface area (Å²) in [5.41, 5.74) is 8.11. The third kappa shape index (κ3) is 9.90. The molecule has 204 valence electrons. The second-order valence-electron chi connectivity index (χ2n) is 9.15. The highest BCUT2D eigenvalue weighted by Crippen LogP contribution is 2.14. The van der Waals surface area contributed by atoms with E-state index in [0.717, 1.165) is 21.3 Å². The molecule has 0 aliphatic heterocycles.